The summed E-state index contributed by atoms with van der Waals surface area (Å²) in [6, 6.07) is 12.6. The van der Waals surface area contributed by atoms with Gasteiger partial charge in [0.2, 0.25) is 0 Å². The van der Waals surface area contributed by atoms with Gasteiger partial charge in [-0.3, -0.25) is 4.79 Å². The van der Waals surface area contributed by atoms with Crippen molar-refractivity contribution in [1.82, 2.24) is 0 Å². The summed E-state index contributed by atoms with van der Waals surface area (Å²) in [6.45, 7) is -0.908. The number of carboxylic acids is 1. The molecule has 0 fully saturated rings. The lowest BCUT2D eigenvalue weighted by atomic mass is 10.0. The molecule has 0 aliphatic rings. The monoisotopic (exact) mass is 453 g/mol. The largest absolute Gasteiger partial charge is 0.478 e. The average Bonchev–Trinajstić information content (AvgIpc) is 3.06. The van der Waals surface area contributed by atoms with Crippen LogP contribution in [0.3, 0.4) is 0 Å². The van der Waals surface area contributed by atoms with Crippen LogP contribution in [0.1, 0.15) is 25.6 Å². The number of thiophene rings is 1. The molecule has 0 saturated heterocycles. The summed E-state index contributed by atoms with van der Waals surface area (Å²) >= 11 is 7.29. The Morgan fingerprint density at radius 1 is 1.17 bits per heavy atom. The number of ether oxygens (including phenoxy) is 1. The molecule has 2 aromatic carbocycles. The van der Waals surface area contributed by atoms with Crippen LogP contribution < -0.4 is 10.1 Å². The summed E-state index contributed by atoms with van der Waals surface area (Å²) in [5.74, 6) is -0.871. The van der Waals surface area contributed by atoms with Gasteiger partial charge in [-0.2, -0.15) is 8.78 Å². The smallest absolute Gasteiger partial charge is 0.387 e. The number of nitrogens with one attached hydrogen (secondary N) is 1. The number of aromatic carboxylic acids is 1. The van der Waals surface area contributed by atoms with E-state index in [1.165, 1.54) is 35.6 Å². The topological polar surface area (TPSA) is 75.6 Å². The molecule has 0 aliphatic heterocycles. The lowest BCUT2D eigenvalue weighted by molar-refractivity contribution is -0.0498. The van der Waals surface area contributed by atoms with E-state index in [1.54, 1.807) is 19.2 Å². The van der Waals surface area contributed by atoms with E-state index in [-0.39, 0.29) is 5.75 Å². The second-order valence-electron chi connectivity index (χ2n) is 5.86. The molecule has 30 heavy (non-hydrogen) atoms. The van der Waals surface area contributed by atoms with Gasteiger partial charge in [0.15, 0.2) is 0 Å². The molecule has 0 aliphatic carbocycles. The molecule has 2 N–H and O–H groups in total. The Bertz CT molecular complexity index is 1010. The number of aldehydes is 1. The van der Waals surface area contributed by atoms with E-state index in [4.69, 9.17) is 11.6 Å². The van der Waals surface area contributed by atoms with E-state index in [9.17, 15) is 23.5 Å². The maximum atomic E-state index is 11.6. The summed E-state index contributed by atoms with van der Waals surface area (Å²) in [7, 11) is 1.73. The molecule has 5 nitrogen and oxygen atoms in total. The molecule has 158 valence electrons. The molecule has 0 spiro atoms. The maximum Gasteiger partial charge on any atom is 0.387 e. The first-order valence-electron chi connectivity index (χ1n) is 8.57. The Balaban J connectivity index is 0.000000232. The van der Waals surface area contributed by atoms with Gasteiger partial charge in [0.05, 0.1) is 0 Å². The zero-order valence-electron chi connectivity index (χ0n) is 16.0. The van der Waals surface area contributed by atoms with Crippen molar-refractivity contribution in [2.24, 2.45) is 0 Å². The molecule has 0 bridgehead atoms. The van der Waals surface area contributed by atoms with Crippen molar-refractivity contribution in [3.05, 3.63) is 69.6 Å². The van der Waals surface area contributed by atoms with Crippen LogP contribution in [-0.4, -0.2) is 31.0 Å². The van der Waals surface area contributed by atoms with Crippen molar-refractivity contribution < 1.29 is 28.2 Å². The number of hydrogen-bond acceptors (Lipinski definition) is 5. The number of halogens is 3. The van der Waals surface area contributed by atoms with E-state index in [0.29, 0.717) is 27.4 Å². The van der Waals surface area contributed by atoms with Crippen LogP contribution in [0.15, 0.2) is 48.5 Å². The second-order valence-corrected chi connectivity index (χ2v) is 7.53. The summed E-state index contributed by atoms with van der Waals surface area (Å²) in [4.78, 5) is 22.5. The molecule has 9 heteroatoms. The van der Waals surface area contributed by atoms with E-state index in [0.717, 1.165) is 16.0 Å². The fourth-order valence-corrected chi connectivity index (χ4v) is 3.76. The average molecular weight is 454 g/mol. The van der Waals surface area contributed by atoms with Gasteiger partial charge in [-0.1, -0.05) is 23.7 Å². The van der Waals surface area contributed by atoms with Crippen LogP contribution in [0.2, 0.25) is 5.02 Å². The zero-order valence-corrected chi connectivity index (χ0v) is 17.6. The standard InChI is InChI=1S/C13H12ClNO2S.C8H6F2O2/c1-7-10(8-3-5-9(14)6-4-8)11(13(16)17)12(15-2)18-7;9-8(10)12-7-3-1-6(5-11)2-4-7/h3-6,15H,1-2H3,(H,16,17);1-5,8H. The van der Waals surface area contributed by atoms with E-state index in [1.807, 2.05) is 19.1 Å². The van der Waals surface area contributed by atoms with E-state index < -0.39 is 12.6 Å². The second kappa shape index (κ2) is 10.7. The van der Waals surface area contributed by atoms with Crippen molar-refractivity contribution in [2.75, 3.05) is 12.4 Å². The van der Waals surface area contributed by atoms with Crippen LogP contribution in [0.4, 0.5) is 13.8 Å². The number of carbonyl (C=O) groups excluding carboxylic acids is 1. The minimum absolute atomic E-state index is 0.0515. The molecular weight excluding hydrogens is 436 g/mol. The highest BCUT2D eigenvalue weighted by Crippen LogP contribution is 2.39. The van der Waals surface area contributed by atoms with E-state index in [2.05, 4.69) is 10.1 Å². The summed E-state index contributed by atoms with van der Waals surface area (Å²) in [6.07, 6.45) is 0.631. The first-order valence-corrected chi connectivity index (χ1v) is 9.76. The third-order valence-corrected chi connectivity index (χ3v) is 5.27. The molecule has 0 atom stereocenters. The van der Waals surface area contributed by atoms with Gasteiger partial charge in [0.1, 0.15) is 22.6 Å². The first-order chi connectivity index (χ1) is 14.3. The Hall–Kier alpha value is -2.97. The Morgan fingerprint density at radius 3 is 2.23 bits per heavy atom. The fraction of sp³-hybridized carbons (Fsp3) is 0.143. The van der Waals surface area contributed by atoms with Gasteiger partial charge in [0, 0.05) is 28.1 Å². The number of alkyl halides is 2. The molecule has 0 radical (unpaired) electrons. The summed E-state index contributed by atoms with van der Waals surface area (Å²) in [5.41, 5.74) is 2.37. The van der Waals surface area contributed by atoms with Gasteiger partial charge in [-0.05, 0) is 48.9 Å². The summed E-state index contributed by atoms with van der Waals surface area (Å²) in [5, 5.41) is 13.6. The van der Waals surface area contributed by atoms with Crippen molar-refractivity contribution in [2.45, 2.75) is 13.5 Å². The minimum Gasteiger partial charge on any atom is -0.478 e. The number of aryl methyl sites for hydroxylation is 1. The van der Waals surface area contributed by atoms with Crippen LogP contribution in [0.5, 0.6) is 5.75 Å². The SMILES string of the molecule is CNc1sc(C)c(-c2ccc(Cl)cc2)c1C(=O)O.O=Cc1ccc(OC(F)F)cc1. The first kappa shape index (κ1) is 23.3. The lowest BCUT2D eigenvalue weighted by Gasteiger charge is -2.04. The van der Waals surface area contributed by atoms with Gasteiger partial charge in [0.25, 0.3) is 0 Å². The zero-order chi connectivity index (χ0) is 22.3. The quantitative estimate of drug-likeness (QED) is 0.433. The van der Waals surface area contributed by atoms with Crippen LogP contribution >= 0.6 is 22.9 Å². The Labute approximate surface area is 180 Å². The number of anilines is 1. The van der Waals surface area contributed by atoms with E-state index >= 15 is 0 Å². The van der Waals surface area contributed by atoms with Gasteiger partial charge in [-0.25, -0.2) is 4.79 Å². The highest BCUT2D eigenvalue weighted by atomic mass is 35.5. The fourth-order valence-electron chi connectivity index (χ4n) is 2.62. The third-order valence-electron chi connectivity index (χ3n) is 3.90. The predicted octanol–water partition coefficient (Wildman–Crippen LogP) is 6.22. The number of carboxylic acid groups (broad SMARTS) is 1. The minimum atomic E-state index is -2.83. The van der Waals surface area contributed by atoms with Crippen molar-refractivity contribution >= 4 is 40.2 Å². The normalized spacial score (nSPS) is 10.2. The molecule has 1 heterocycles. The Morgan fingerprint density at radius 2 is 1.77 bits per heavy atom. The van der Waals surface area contributed by atoms with Crippen LogP contribution in [0, 0.1) is 6.92 Å². The Kier molecular flexibility index (Phi) is 8.32. The number of hydrogen-bond donors (Lipinski definition) is 2. The lowest BCUT2D eigenvalue weighted by Crippen LogP contribution is -2.01. The van der Waals surface area contributed by atoms with Crippen molar-refractivity contribution in [3.63, 3.8) is 0 Å². The number of rotatable bonds is 6. The molecule has 0 amide bonds. The van der Waals surface area contributed by atoms with Crippen LogP contribution in [-0.2, 0) is 0 Å². The predicted molar refractivity (Wildman–Crippen MR) is 114 cm³/mol. The molecular formula is C21H18ClF2NO4S. The number of carbonyl (C=O) groups is 2. The maximum absolute atomic E-state index is 11.6. The van der Waals surface area contributed by atoms with Crippen molar-refractivity contribution in [1.29, 1.82) is 0 Å². The molecule has 3 rings (SSSR count). The highest BCUT2D eigenvalue weighted by molar-refractivity contribution is 7.17. The van der Waals surface area contributed by atoms with Crippen LogP contribution in [0.25, 0.3) is 11.1 Å². The van der Waals surface area contributed by atoms with Gasteiger partial charge >= 0.3 is 12.6 Å². The molecule has 1 aromatic heterocycles. The highest BCUT2D eigenvalue weighted by Gasteiger charge is 2.21. The number of benzene rings is 2. The van der Waals surface area contributed by atoms with Gasteiger partial charge in [-0.15, -0.1) is 11.3 Å². The summed E-state index contributed by atoms with van der Waals surface area (Å²) < 4.78 is 27.3. The molecule has 3 aromatic rings. The molecule has 0 unspecified atom stereocenters. The molecule has 0 saturated carbocycles. The third kappa shape index (κ3) is 6.01. The van der Waals surface area contributed by atoms with Crippen molar-refractivity contribution in [3.8, 4) is 16.9 Å². The van der Waals surface area contributed by atoms with Gasteiger partial charge < -0.3 is 15.2 Å².